The molecule has 0 amide bonds. The highest BCUT2D eigenvalue weighted by Crippen LogP contribution is 2.28. The minimum Gasteiger partial charge on any atom is -0.278 e. The predicted molar refractivity (Wildman–Crippen MR) is 67.3 cm³/mol. The molecule has 0 saturated heterocycles. The van der Waals surface area contributed by atoms with E-state index in [9.17, 15) is 0 Å². The fourth-order valence-electron chi connectivity index (χ4n) is 1.72. The SMILES string of the molecule is CCC(C)(C)c1ccc(-c2ccn[nH]2)cc1. The number of hydrogen-bond donors (Lipinski definition) is 1. The van der Waals surface area contributed by atoms with Crippen LogP contribution in [0.4, 0.5) is 0 Å². The van der Waals surface area contributed by atoms with Gasteiger partial charge < -0.3 is 0 Å². The van der Waals surface area contributed by atoms with E-state index in [4.69, 9.17) is 0 Å². The number of hydrogen-bond acceptors (Lipinski definition) is 1. The first-order valence-electron chi connectivity index (χ1n) is 5.74. The molecule has 1 N–H and O–H groups in total. The molecule has 0 aliphatic carbocycles. The molecule has 0 aliphatic heterocycles. The van der Waals surface area contributed by atoms with Crippen molar-refractivity contribution in [3.8, 4) is 11.3 Å². The number of aromatic nitrogens is 2. The highest BCUT2D eigenvalue weighted by atomic mass is 15.1. The maximum atomic E-state index is 3.96. The van der Waals surface area contributed by atoms with Crippen LogP contribution in [0, 0.1) is 0 Å². The van der Waals surface area contributed by atoms with Crippen LogP contribution in [0.1, 0.15) is 32.8 Å². The van der Waals surface area contributed by atoms with Crippen LogP contribution in [-0.4, -0.2) is 10.2 Å². The molecule has 0 atom stereocenters. The lowest BCUT2D eigenvalue weighted by molar-refractivity contribution is 0.506. The van der Waals surface area contributed by atoms with Crippen LogP contribution in [0.5, 0.6) is 0 Å². The summed E-state index contributed by atoms with van der Waals surface area (Å²) in [6, 6.07) is 10.7. The van der Waals surface area contributed by atoms with Gasteiger partial charge in [-0.05, 0) is 29.0 Å². The van der Waals surface area contributed by atoms with Crippen molar-refractivity contribution in [1.29, 1.82) is 0 Å². The van der Waals surface area contributed by atoms with Crippen molar-refractivity contribution in [3.63, 3.8) is 0 Å². The fraction of sp³-hybridized carbons (Fsp3) is 0.357. The lowest BCUT2D eigenvalue weighted by Crippen LogP contribution is -2.14. The summed E-state index contributed by atoms with van der Waals surface area (Å²) in [4.78, 5) is 0. The van der Waals surface area contributed by atoms with E-state index in [-0.39, 0.29) is 5.41 Å². The average Bonchev–Trinajstić information content (AvgIpc) is 2.83. The van der Waals surface area contributed by atoms with Gasteiger partial charge in [0.25, 0.3) is 0 Å². The molecule has 1 aromatic carbocycles. The maximum Gasteiger partial charge on any atom is 0.0650 e. The minimum absolute atomic E-state index is 0.256. The van der Waals surface area contributed by atoms with Crippen molar-refractivity contribution in [2.75, 3.05) is 0 Å². The van der Waals surface area contributed by atoms with E-state index in [0.29, 0.717) is 0 Å². The molecule has 0 fully saturated rings. The van der Waals surface area contributed by atoms with E-state index in [1.54, 1.807) is 6.20 Å². The van der Waals surface area contributed by atoms with Crippen LogP contribution >= 0.6 is 0 Å². The lowest BCUT2D eigenvalue weighted by atomic mass is 9.82. The predicted octanol–water partition coefficient (Wildman–Crippen LogP) is 3.76. The zero-order chi connectivity index (χ0) is 11.6. The summed E-state index contributed by atoms with van der Waals surface area (Å²) in [6.07, 6.45) is 2.93. The van der Waals surface area contributed by atoms with Crippen molar-refractivity contribution in [1.82, 2.24) is 10.2 Å². The van der Waals surface area contributed by atoms with Crippen LogP contribution in [-0.2, 0) is 5.41 Å². The second-order valence-electron chi connectivity index (χ2n) is 4.79. The van der Waals surface area contributed by atoms with Crippen molar-refractivity contribution in [2.24, 2.45) is 0 Å². The smallest absolute Gasteiger partial charge is 0.0650 e. The number of nitrogens with one attached hydrogen (secondary N) is 1. The van der Waals surface area contributed by atoms with Gasteiger partial charge in [0.2, 0.25) is 0 Å². The standard InChI is InChI=1S/C14H18N2/c1-4-14(2,3)12-7-5-11(6-8-12)13-9-10-15-16-13/h5-10H,4H2,1-3H3,(H,15,16). The molecular formula is C14H18N2. The van der Waals surface area contributed by atoms with Gasteiger partial charge in [0.1, 0.15) is 0 Å². The number of aromatic amines is 1. The molecule has 1 aromatic heterocycles. The zero-order valence-electron chi connectivity index (χ0n) is 10.1. The summed E-state index contributed by atoms with van der Waals surface area (Å²) in [5, 5.41) is 6.94. The first kappa shape index (κ1) is 10.9. The highest BCUT2D eigenvalue weighted by Gasteiger charge is 2.17. The van der Waals surface area contributed by atoms with Gasteiger partial charge in [-0.2, -0.15) is 5.10 Å². The summed E-state index contributed by atoms with van der Waals surface area (Å²) in [6.45, 7) is 6.78. The van der Waals surface area contributed by atoms with Crippen LogP contribution in [0.3, 0.4) is 0 Å². The van der Waals surface area contributed by atoms with Gasteiger partial charge in [0.05, 0.1) is 5.69 Å². The van der Waals surface area contributed by atoms with Crippen molar-refractivity contribution < 1.29 is 0 Å². The number of H-pyrrole nitrogens is 1. The van der Waals surface area contributed by atoms with E-state index in [1.165, 1.54) is 11.1 Å². The van der Waals surface area contributed by atoms with Crippen LogP contribution in [0.25, 0.3) is 11.3 Å². The van der Waals surface area contributed by atoms with Crippen LogP contribution < -0.4 is 0 Å². The summed E-state index contributed by atoms with van der Waals surface area (Å²) in [7, 11) is 0. The maximum absolute atomic E-state index is 3.96. The van der Waals surface area contributed by atoms with E-state index in [2.05, 4.69) is 55.2 Å². The first-order chi connectivity index (χ1) is 7.63. The van der Waals surface area contributed by atoms with Crippen molar-refractivity contribution >= 4 is 0 Å². The third-order valence-electron chi connectivity index (χ3n) is 3.36. The van der Waals surface area contributed by atoms with Crippen LogP contribution in [0.15, 0.2) is 36.5 Å². The molecule has 0 spiro atoms. The van der Waals surface area contributed by atoms with E-state index >= 15 is 0 Å². The Morgan fingerprint density at radius 1 is 1.12 bits per heavy atom. The number of nitrogens with zero attached hydrogens (tertiary/aromatic N) is 1. The van der Waals surface area contributed by atoms with Gasteiger partial charge in [-0.1, -0.05) is 45.0 Å². The number of rotatable bonds is 3. The Morgan fingerprint density at radius 2 is 1.81 bits per heavy atom. The quantitative estimate of drug-likeness (QED) is 0.828. The lowest BCUT2D eigenvalue weighted by Gasteiger charge is -2.23. The molecule has 2 rings (SSSR count). The molecule has 0 bridgehead atoms. The largest absolute Gasteiger partial charge is 0.278 e. The molecule has 84 valence electrons. The molecule has 16 heavy (non-hydrogen) atoms. The van der Waals surface area contributed by atoms with Gasteiger partial charge in [0.15, 0.2) is 0 Å². The van der Waals surface area contributed by atoms with E-state index < -0.39 is 0 Å². The Kier molecular flexibility index (Phi) is 2.82. The Bertz CT molecular complexity index is 438. The van der Waals surface area contributed by atoms with Gasteiger partial charge in [0, 0.05) is 6.20 Å². The van der Waals surface area contributed by atoms with E-state index in [1.807, 2.05) is 6.07 Å². The van der Waals surface area contributed by atoms with Crippen molar-refractivity contribution in [3.05, 3.63) is 42.1 Å². The van der Waals surface area contributed by atoms with Gasteiger partial charge in [-0.15, -0.1) is 0 Å². The molecule has 0 unspecified atom stereocenters. The normalized spacial score (nSPS) is 11.7. The monoisotopic (exact) mass is 214 g/mol. The van der Waals surface area contributed by atoms with Gasteiger partial charge in [-0.25, -0.2) is 0 Å². The van der Waals surface area contributed by atoms with Gasteiger partial charge >= 0.3 is 0 Å². The molecule has 2 aromatic rings. The summed E-state index contributed by atoms with van der Waals surface area (Å²) in [5.74, 6) is 0. The molecule has 0 aliphatic rings. The zero-order valence-corrected chi connectivity index (χ0v) is 10.1. The Hall–Kier alpha value is -1.57. The summed E-state index contributed by atoms with van der Waals surface area (Å²) < 4.78 is 0. The average molecular weight is 214 g/mol. The van der Waals surface area contributed by atoms with Crippen molar-refractivity contribution in [2.45, 2.75) is 32.6 Å². The van der Waals surface area contributed by atoms with Gasteiger partial charge in [-0.3, -0.25) is 5.10 Å². The Labute approximate surface area is 96.7 Å². The summed E-state index contributed by atoms with van der Waals surface area (Å²) in [5.41, 5.74) is 3.90. The minimum atomic E-state index is 0.256. The molecule has 0 radical (unpaired) electrons. The number of benzene rings is 1. The Morgan fingerprint density at radius 3 is 2.31 bits per heavy atom. The van der Waals surface area contributed by atoms with E-state index in [0.717, 1.165) is 12.1 Å². The van der Waals surface area contributed by atoms with Crippen LogP contribution in [0.2, 0.25) is 0 Å². The molecule has 1 heterocycles. The highest BCUT2D eigenvalue weighted by molar-refractivity contribution is 5.59. The fourth-order valence-corrected chi connectivity index (χ4v) is 1.72. The molecule has 2 heteroatoms. The Balaban J connectivity index is 2.30. The third-order valence-corrected chi connectivity index (χ3v) is 3.36. The second-order valence-corrected chi connectivity index (χ2v) is 4.79. The molecule has 2 nitrogen and oxygen atoms in total. The summed E-state index contributed by atoms with van der Waals surface area (Å²) >= 11 is 0. The molecular weight excluding hydrogens is 196 g/mol. The second kappa shape index (κ2) is 4.12. The third kappa shape index (κ3) is 2.01. The first-order valence-corrected chi connectivity index (χ1v) is 5.74. The molecule has 0 saturated carbocycles. The topological polar surface area (TPSA) is 28.7 Å².